The molecule has 0 bridgehead atoms. The Morgan fingerprint density at radius 1 is 1.19 bits per heavy atom. The Labute approximate surface area is 126 Å². The van der Waals surface area contributed by atoms with Gasteiger partial charge in [-0.25, -0.2) is 0 Å². The first-order chi connectivity index (χ1) is 10.2. The van der Waals surface area contributed by atoms with Crippen LogP contribution in [0.25, 0.3) is 0 Å². The normalized spacial score (nSPS) is 22.0. The summed E-state index contributed by atoms with van der Waals surface area (Å²) in [5, 5.41) is 12.4. The fourth-order valence-electron chi connectivity index (χ4n) is 3.11. The largest absolute Gasteiger partial charge is 0.396 e. The molecule has 0 saturated heterocycles. The lowest BCUT2D eigenvalue weighted by molar-refractivity contribution is 0.0909. The number of nitrogens with two attached hydrogens (primary N) is 1. The Morgan fingerprint density at radius 3 is 2.48 bits per heavy atom. The second-order valence-electron chi connectivity index (χ2n) is 5.93. The van der Waals surface area contributed by atoms with Crippen molar-refractivity contribution in [3.8, 4) is 0 Å². The molecule has 2 atom stereocenters. The number of nitrogens with one attached hydrogen (secondary N) is 1. The van der Waals surface area contributed by atoms with E-state index >= 15 is 0 Å². The number of rotatable bonds is 6. The van der Waals surface area contributed by atoms with Crippen LogP contribution in [0, 0.1) is 11.8 Å². The van der Waals surface area contributed by atoms with Crippen LogP contribution in [0.5, 0.6) is 0 Å². The SMILES string of the molecule is NCCc1ccc(C(=O)NCC2CCCCC2CO)cc1. The zero-order valence-corrected chi connectivity index (χ0v) is 12.6. The van der Waals surface area contributed by atoms with Gasteiger partial charge < -0.3 is 16.2 Å². The van der Waals surface area contributed by atoms with Crippen LogP contribution in [0.1, 0.15) is 41.6 Å². The van der Waals surface area contributed by atoms with Crippen molar-refractivity contribution in [1.29, 1.82) is 0 Å². The fourth-order valence-corrected chi connectivity index (χ4v) is 3.11. The lowest BCUT2D eigenvalue weighted by Crippen LogP contribution is -2.35. The maximum Gasteiger partial charge on any atom is 0.251 e. The van der Waals surface area contributed by atoms with Crippen molar-refractivity contribution in [3.05, 3.63) is 35.4 Å². The van der Waals surface area contributed by atoms with Gasteiger partial charge in [0.1, 0.15) is 0 Å². The maximum atomic E-state index is 12.2. The van der Waals surface area contributed by atoms with Gasteiger partial charge in [-0.3, -0.25) is 4.79 Å². The molecule has 1 aliphatic carbocycles. The number of aliphatic hydroxyl groups is 1. The molecule has 4 heteroatoms. The van der Waals surface area contributed by atoms with Gasteiger partial charge in [0.05, 0.1) is 0 Å². The standard InChI is InChI=1S/C17H26N2O2/c18-10-9-13-5-7-14(8-6-13)17(21)19-11-15-3-1-2-4-16(15)12-20/h5-8,15-16,20H,1-4,9-12,18H2,(H,19,21). The number of aliphatic hydroxyl groups excluding tert-OH is 1. The summed E-state index contributed by atoms with van der Waals surface area (Å²) < 4.78 is 0. The number of hydrogen-bond acceptors (Lipinski definition) is 3. The predicted octanol–water partition coefficient (Wildman–Crippen LogP) is 1.72. The lowest BCUT2D eigenvalue weighted by Gasteiger charge is -2.30. The predicted molar refractivity (Wildman–Crippen MR) is 84.1 cm³/mol. The third-order valence-corrected chi connectivity index (χ3v) is 4.47. The Balaban J connectivity index is 1.85. The van der Waals surface area contributed by atoms with Gasteiger partial charge in [0.15, 0.2) is 0 Å². The molecule has 0 aliphatic heterocycles. The van der Waals surface area contributed by atoms with Crippen molar-refractivity contribution in [2.75, 3.05) is 19.7 Å². The molecule has 1 aromatic carbocycles. The summed E-state index contributed by atoms with van der Waals surface area (Å²) >= 11 is 0. The van der Waals surface area contributed by atoms with Crippen LogP contribution in [0.2, 0.25) is 0 Å². The third kappa shape index (κ3) is 4.55. The molecule has 1 amide bonds. The first-order valence-corrected chi connectivity index (χ1v) is 7.92. The van der Waals surface area contributed by atoms with Crippen LogP contribution in [-0.4, -0.2) is 30.7 Å². The number of benzene rings is 1. The first-order valence-electron chi connectivity index (χ1n) is 7.92. The molecule has 1 aliphatic rings. The molecular formula is C17H26N2O2. The monoisotopic (exact) mass is 290 g/mol. The van der Waals surface area contributed by atoms with E-state index in [1.807, 2.05) is 24.3 Å². The quantitative estimate of drug-likeness (QED) is 0.746. The van der Waals surface area contributed by atoms with Gasteiger partial charge in [0, 0.05) is 18.7 Å². The minimum atomic E-state index is -0.0310. The maximum absolute atomic E-state index is 12.2. The highest BCUT2D eigenvalue weighted by atomic mass is 16.3. The van der Waals surface area contributed by atoms with E-state index in [2.05, 4.69) is 5.32 Å². The molecule has 2 unspecified atom stereocenters. The number of carbonyl (C=O) groups excluding carboxylic acids is 1. The van der Waals surface area contributed by atoms with Crippen LogP contribution in [0.15, 0.2) is 24.3 Å². The van der Waals surface area contributed by atoms with Crippen molar-refractivity contribution in [2.24, 2.45) is 17.6 Å². The van der Waals surface area contributed by atoms with E-state index in [1.165, 1.54) is 12.8 Å². The highest BCUT2D eigenvalue weighted by molar-refractivity contribution is 5.94. The number of hydrogen-bond donors (Lipinski definition) is 3. The lowest BCUT2D eigenvalue weighted by atomic mass is 9.79. The highest BCUT2D eigenvalue weighted by Crippen LogP contribution is 2.29. The molecule has 4 N–H and O–H groups in total. The van der Waals surface area contributed by atoms with Crippen LogP contribution < -0.4 is 11.1 Å². The summed E-state index contributed by atoms with van der Waals surface area (Å²) in [7, 11) is 0. The second-order valence-corrected chi connectivity index (χ2v) is 5.93. The molecule has 0 spiro atoms. The Morgan fingerprint density at radius 2 is 1.86 bits per heavy atom. The molecule has 0 radical (unpaired) electrons. The molecule has 1 saturated carbocycles. The third-order valence-electron chi connectivity index (χ3n) is 4.47. The van der Waals surface area contributed by atoms with Gasteiger partial charge in [-0.1, -0.05) is 25.0 Å². The van der Waals surface area contributed by atoms with Crippen LogP contribution in [0.4, 0.5) is 0 Å². The van der Waals surface area contributed by atoms with Crippen molar-refractivity contribution in [2.45, 2.75) is 32.1 Å². The minimum absolute atomic E-state index is 0.0310. The van der Waals surface area contributed by atoms with E-state index in [9.17, 15) is 9.90 Å². The zero-order chi connectivity index (χ0) is 15.1. The minimum Gasteiger partial charge on any atom is -0.396 e. The summed E-state index contributed by atoms with van der Waals surface area (Å²) in [4.78, 5) is 12.2. The summed E-state index contributed by atoms with van der Waals surface area (Å²) in [5.74, 6) is 0.715. The van der Waals surface area contributed by atoms with Gasteiger partial charge in [0.2, 0.25) is 0 Å². The summed E-state index contributed by atoms with van der Waals surface area (Å²) in [5.41, 5.74) is 7.36. The summed E-state index contributed by atoms with van der Waals surface area (Å²) in [6.07, 6.45) is 5.40. The Hall–Kier alpha value is -1.39. The highest BCUT2D eigenvalue weighted by Gasteiger charge is 2.24. The van der Waals surface area contributed by atoms with Crippen LogP contribution in [-0.2, 0) is 6.42 Å². The van der Waals surface area contributed by atoms with Crippen molar-refractivity contribution < 1.29 is 9.90 Å². The van der Waals surface area contributed by atoms with Crippen molar-refractivity contribution in [3.63, 3.8) is 0 Å². The first kappa shape index (κ1) is 16.0. The Bertz CT molecular complexity index is 445. The van der Waals surface area contributed by atoms with Gasteiger partial charge in [0.25, 0.3) is 5.91 Å². The number of amides is 1. The smallest absolute Gasteiger partial charge is 0.251 e. The average molecular weight is 290 g/mol. The molecule has 116 valence electrons. The van der Waals surface area contributed by atoms with Crippen LogP contribution in [0.3, 0.4) is 0 Å². The van der Waals surface area contributed by atoms with Gasteiger partial charge in [-0.2, -0.15) is 0 Å². The molecule has 21 heavy (non-hydrogen) atoms. The van der Waals surface area contributed by atoms with Gasteiger partial charge in [-0.05, 0) is 55.3 Å². The summed E-state index contributed by atoms with van der Waals surface area (Å²) in [6, 6.07) is 7.62. The molecule has 1 aromatic rings. The topological polar surface area (TPSA) is 75.4 Å². The van der Waals surface area contributed by atoms with Gasteiger partial charge in [-0.15, -0.1) is 0 Å². The van der Waals surface area contributed by atoms with Gasteiger partial charge >= 0.3 is 0 Å². The zero-order valence-electron chi connectivity index (χ0n) is 12.6. The summed E-state index contributed by atoms with van der Waals surface area (Å²) in [6.45, 7) is 1.51. The van der Waals surface area contributed by atoms with E-state index < -0.39 is 0 Å². The van der Waals surface area contributed by atoms with E-state index in [0.29, 0.717) is 30.5 Å². The molecule has 2 rings (SSSR count). The average Bonchev–Trinajstić information content (AvgIpc) is 2.54. The molecule has 0 heterocycles. The van der Waals surface area contributed by atoms with Crippen molar-refractivity contribution in [1.82, 2.24) is 5.32 Å². The number of carbonyl (C=O) groups is 1. The van der Waals surface area contributed by atoms with Crippen LogP contribution >= 0.6 is 0 Å². The van der Waals surface area contributed by atoms with E-state index in [0.717, 1.165) is 24.8 Å². The van der Waals surface area contributed by atoms with Crippen molar-refractivity contribution >= 4 is 5.91 Å². The molecule has 0 aromatic heterocycles. The molecule has 4 nitrogen and oxygen atoms in total. The molecular weight excluding hydrogens is 264 g/mol. The second kappa shape index (κ2) is 8.15. The Kier molecular flexibility index (Phi) is 6.21. The van der Waals surface area contributed by atoms with E-state index in [4.69, 9.17) is 5.73 Å². The van der Waals surface area contributed by atoms with E-state index in [-0.39, 0.29) is 12.5 Å². The molecule has 1 fully saturated rings. The fraction of sp³-hybridized carbons (Fsp3) is 0.588. The van der Waals surface area contributed by atoms with E-state index in [1.54, 1.807) is 0 Å².